The van der Waals surface area contributed by atoms with Gasteiger partial charge in [-0.25, -0.2) is 4.98 Å². The van der Waals surface area contributed by atoms with Crippen molar-refractivity contribution in [1.29, 1.82) is 5.26 Å². The number of nitriles is 1. The van der Waals surface area contributed by atoms with Crippen molar-refractivity contribution in [2.24, 2.45) is 0 Å². The lowest BCUT2D eigenvalue weighted by molar-refractivity contribution is 0.472. The second kappa shape index (κ2) is 4.30. The number of rotatable bonds is 1. The summed E-state index contributed by atoms with van der Waals surface area (Å²) in [5, 5.41) is 19.3. The predicted octanol–water partition coefficient (Wildman–Crippen LogP) is 3.26. The molecule has 0 amide bonds. The third-order valence-electron chi connectivity index (χ3n) is 2.87. The molecule has 3 rings (SSSR count). The van der Waals surface area contributed by atoms with Gasteiger partial charge in [0.1, 0.15) is 12.1 Å². The van der Waals surface area contributed by atoms with Gasteiger partial charge in [-0.3, -0.25) is 4.57 Å². The van der Waals surface area contributed by atoms with Gasteiger partial charge in [0.15, 0.2) is 0 Å². The van der Waals surface area contributed by atoms with Crippen LogP contribution in [0.2, 0.25) is 5.02 Å². The Hall–Kier alpha value is -2.51. The molecule has 0 saturated carbocycles. The molecule has 1 aromatic heterocycles. The molecular weight excluding hydrogens is 262 g/mol. The molecule has 0 unspecified atom stereocenters. The molecule has 19 heavy (non-hydrogen) atoms. The van der Waals surface area contributed by atoms with Crippen LogP contribution in [-0.2, 0) is 0 Å². The van der Waals surface area contributed by atoms with Gasteiger partial charge in [0.25, 0.3) is 0 Å². The summed E-state index contributed by atoms with van der Waals surface area (Å²) in [4.78, 5) is 4.23. The molecule has 0 aliphatic rings. The molecule has 0 spiro atoms. The average Bonchev–Trinajstić information content (AvgIpc) is 2.84. The van der Waals surface area contributed by atoms with E-state index in [1.54, 1.807) is 41.2 Å². The minimum absolute atomic E-state index is 0.119. The Balaban J connectivity index is 2.26. The first-order valence-corrected chi connectivity index (χ1v) is 5.93. The maximum atomic E-state index is 9.91. The van der Waals surface area contributed by atoms with Crippen LogP contribution in [0.15, 0.2) is 42.7 Å². The molecule has 0 fully saturated rings. The number of fused-ring (bicyclic) bond motifs is 1. The van der Waals surface area contributed by atoms with Crippen molar-refractivity contribution in [2.45, 2.75) is 0 Å². The van der Waals surface area contributed by atoms with Gasteiger partial charge in [-0.15, -0.1) is 0 Å². The van der Waals surface area contributed by atoms with E-state index in [0.717, 1.165) is 5.52 Å². The van der Waals surface area contributed by atoms with Gasteiger partial charge in [0.05, 0.1) is 28.4 Å². The first kappa shape index (κ1) is 11.6. The van der Waals surface area contributed by atoms with Crippen LogP contribution in [0.4, 0.5) is 0 Å². The van der Waals surface area contributed by atoms with E-state index in [0.29, 0.717) is 21.8 Å². The first-order valence-electron chi connectivity index (χ1n) is 5.55. The number of phenolic OH excluding ortho intramolecular Hbond substituents is 1. The third kappa shape index (κ3) is 1.90. The Kier molecular flexibility index (Phi) is 2.62. The number of halogens is 1. The van der Waals surface area contributed by atoms with E-state index in [1.807, 2.05) is 0 Å². The van der Waals surface area contributed by atoms with Gasteiger partial charge in [0.2, 0.25) is 0 Å². The molecule has 0 bridgehead atoms. The number of imidazole rings is 1. The quantitative estimate of drug-likeness (QED) is 0.737. The van der Waals surface area contributed by atoms with Gasteiger partial charge >= 0.3 is 0 Å². The topological polar surface area (TPSA) is 61.8 Å². The number of aromatic hydroxyl groups is 1. The number of hydrogen-bond donors (Lipinski definition) is 1. The zero-order valence-corrected chi connectivity index (χ0v) is 10.5. The summed E-state index contributed by atoms with van der Waals surface area (Å²) in [6.07, 6.45) is 1.59. The molecular formula is C14H8ClN3O. The van der Waals surface area contributed by atoms with Gasteiger partial charge < -0.3 is 5.11 Å². The summed E-state index contributed by atoms with van der Waals surface area (Å²) >= 11 is 5.94. The summed E-state index contributed by atoms with van der Waals surface area (Å²) in [7, 11) is 0. The Morgan fingerprint density at radius 2 is 2.05 bits per heavy atom. The fourth-order valence-electron chi connectivity index (χ4n) is 1.96. The highest BCUT2D eigenvalue weighted by molar-refractivity contribution is 6.30. The largest absolute Gasteiger partial charge is 0.506 e. The molecule has 92 valence electrons. The lowest BCUT2D eigenvalue weighted by Gasteiger charge is -2.07. The predicted molar refractivity (Wildman–Crippen MR) is 72.5 cm³/mol. The van der Waals surface area contributed by atoms with Crippen LogP contribution in [-0.4, -0.2) is 14.7 Å². The number of phenols is 1. The second-order valence-electron chi connectivity index (χ2n) is 4.06. The Bertz CT molecular complexity index is 817. The monoisotopic (exact) mass is 269 g/mol. The highest BCUT2D eigenvalue weighted by Crippen LogP contribution is 2.28. The average molecular weight is 270 g/mol. The minimum Gasteiger partial charge on any atom is -0.506 e. The van der Waals surface area contributed by atoms with E-state index in [-0.39, 0.29) is 5.75 Å². The Morgan fingerprint density at radius 1 is 1.21 bits per heavy atom. The van der Waals surface area contributed by atoms with Crippen LogP contribution in [0.5, 0.6) is 5.75 Å². The lowest BCUT2D eigenvalue weighted by Crippen LogP contribution is -1.92. The summed E-state index contributed by atoms with van der Waals surface area (Å²) in [5.41, 5.74) is 2.60. The van der Waals surface area contributed by atoms with Crippen LogP contribution in [0, 0.1) is 11.3 Å². The lowest BCUT2D eigenvalue weighted by atomic mass is 10.2. The normalized spacial score (nSPS) is 10.5. The van der Waals surface area contributed by atoms with Crippen molar-refractivity contribution in [2.75, 3.05) is 0 Å². The van der Waals surface area contributed by atoms with E-state index in [2.05, 4.69) is 11.1 Å². The van der Waals surface area contributed by atoms with Crippen molar-refractivity contribution in [3.63, 3.8) is 0 Å². The fourth-order valence-corrected chi connectivity index (χ4v) is 2.13. The maximum absolute atomic E-state index is 9.91. The van der Waals surface area contributed by atoms with E-state index in [9.17, 15) is 5.11 Å². The van der Waals surface area contributed by atoms with Crippen molar-refractivity contribution < 1.29 is 5.11 Å². The van der Waals surface area contributed by atoms with E-state index >= 15 is 0 Å². The zero-order chi connectivity index (χ0) is 13.4. The van der Waals surface area contributed by atoms with Crippen molar-refractivity contribution in [3.8, 4) is 17.5 Å². The maximum Gasteiger partial charge on any atom is 0.139 e. The summed E-state index contributed by atoms with van der Waals surface area (Å²) < 4.78 is 1.73. The van der Waals surface area contributed by atoms with Crippen molar-refractivity contribution >= 4 is 22.6 Å². The second-order valence-corrected chi connectivity index (χ2v) is 4.50. The van der Waals surface area contributed by atoms with Crippen LogP contribution in [0.3, 0.4) is 0 Å². The molecule has 5 heteroatoms. The molecule has 0 radical (unpaired) electrons. The van der Waals surface area contributed by atoms with E-state index < -0.39 is 0 Å². The number of nitrogens with zero attached hydrogens (tertiary/aromatic N) is 3. The van der Waals surface area contributed by atoms with Crippen LogP contribution in [0.25, 0.3) is 16.7 Å². The molecule has 3 aromatic rings. The summed E-state index contributed by atoms with van der Waals surface area (Å²) in [6, 6.07) is 12.1. The molecule has 0 aliphatic heterocycles. The number of hydrogen-bond acceptors (Lipinski definition) is 3. The summed E-state index contributed by atoms with van der Waals surface area (Å²) in [5.74, 6) is 0.119. The molecule has 1 heterocycles. The molecule has 0 aliphatic carbocycles. The van der Waals surface area contributed by atoms with Gasteiger partial charge in [-0.2, -0.15) is 5.26 Å². The van der Waals surface area contributed by atoms with Crippen molar-refractivity contribution in [3.05, 3.63) is 53.3 Å². The highest BCUT2D eigenvalue weighted by Gasteiger charge is 2.09. The van der Waals surface area contributed by atoms with Gasteiger partial charge in [-0.05, 0) is 36.4 Å². The Labute approximate surface area is 114 Å². The zero-order valence-electron chi connectivity index (χ0n) is 9.71. The van der Waals surface area contributed by atoms with Gasteiger partial charge in [-0.1, -0.05) is 11.6 Å². The molecule has 1 N–H and O–H groups in total. The third-order valence-corrected chi connectivity index (χ3v) is 3.11. The van der Waals surface area contributed by atoms with Crippen LogP contribution >= 0.6 is 11.6 Å². The van der Waals surface area contributed by atoms with E-state index in [4.69, 9.17) is 16.9 Å². The van der Waals surface area contributed by atoms with Crippen LogP contribution < -0.4 is 0 Å². The first-order chi connectivity index (χ1) is 9.19. The van der Waals surface area contributed by atoms with Gasteiger partial charge in [0, 0.05) is 5.02 Å². The molecule has 2 aromatic carbocycles. The van der Waals surface area contributed by atoms with Crippen molar-refractivity contribution in [1.82, 2.24) is 9.55 Å². The van der Waals surface area contributed by atoms with Crippen LogP contribution in [0.1, 0.15) is 5.56 Å². The van der Waals surface area contributed by atoms with E-state index in [1.165, 1.54) is 6.07 Å². The standard InChI is InChI=1S/C14H8ClN3O/c15-10-2-4-14(19)13(6-10)18-8-17-11-5-9(7-16)1-3-12(11)18/h1-6,8,19H. The number of aromatic nitrogens is 2. The minimum atomic E-state index is 0.119. The summed E-state index contributed by atoms with van der Waals surface area (Å²) in [6.45, 7) is 0. The fraction of sp³-hybridized carbons (Fsp3) is 0. The number of benzene rings is 2. The smallest absolute Gasteiger partial charge is 0.139 e. The highest BCUT2D eigenvalue weighted by atomic mass is 35.5. The SMILES string of the molecule is N#Cc1ccc2c(c1)ncn2-c1cc(Cl)ccc1O. The molecule has 4 nitrogen and oxygen atoms in total. The Morgan fingerprint density at radius 3 is 2.84 bits per heavy atom. The molecule has 0 atom stereocenters. The molecule has 0 saturated heterocycles.